The van der Waals surface area contributed by atoms with Crippen molar-refractivity contribution in [1.29, 1.82) is 0 Å². The molecule has 0 aliphatic rings. The molecular weight excluding hydrogens is 346 g/mol. The van der Waals surface area contributed by atoms with Crippen LogP contribution in [-0.2, 0) is 0 Å². The number of amides is 3. The third kappa shape index (κ3) is 6.54. The number of ether oxygens (including phenoxy) is 2. The molecule has 7 heteroatoms. The molecule has 0 unspecified atom stereocenters. The number of urea groups is 1. The third-order valence-corrected chi connectivity index (χ3v) is 3.56. The molecule has 2 rings (SSSR count). The van der Waals surface area contributed by atoms with Gasteiger partial charge in [0.05, 0.1) is 24.9 Å². The molecule has 0 heterocycles. The van der Waals surface area contributed by atoms with Crippen LogP contribution in [0.5, 0.6) is 11.5 Å². The van der Waals surface area contributed by atoms with Crippen LogP contribution >= 0.6 is 0 Å². The summed E-state index contributed by atoms with van der Waals surface area (Å²) < 4.78 is 10.7. The van der Waals surface area contributed by atoms with Crippen molar-refractivity contribution in [2.75, 3.05) is 25.6 Å². The molecule has 7 nitrogen and oxygen atoms in total. The van der Waals surface area contributed by atoms with Gasteiger partial charge in [0, 0.05) is 6.04 Å². The van der Waals surface area contributed by atoms with Crippen LogP contribution in [0.1, 0.15) is 24.2 Å². The molecule has 0 atom stereocenters. The number of benzene rings is 2. The number of carbonyl (C=O) groups is 2. The van der Waals surface area contributed by atoms with Gasteiger partial charge in [-0.1, -0.05) is 12.1 Å². The number of nitrogens with one attached hydrogen (secondary N) is 3. The molecule has 0 saturated carbocycles. The Kier molecular flexibility index (Phi) is 7.49. The molecule has 3 amide bonds. The predicted octanol–water partition coefficient (Wildman–Crippen LogP) is 3.03. The zero-order chi connectivity index (χ0) is 19.6. The number of carbonyl (C=O) groups excluding carboxylic acids is 2. The summed E-state index contributed by atoms with van der Waals surface area (Å²) in [5.41, 5.74) is 0.838. The molecule has 0 radical (unpaired) electrons. The van der Waals surface area contributed by atoms with Crippen LogP contribution in [0.3, 0.4) is 0 Å². The maximum Gasteiger partial charge on any atom is 0.319 e. The second kappa shape index (κ2) is 10.1. The van der Waals surface area contributed by atoms with Crippen molar-refractivity contribution >= 4 is 17.6 Å². The molecule has 0 aliphatic carbocycles. The third-order valence-electron chi connectivity index (χ3n) is 3.56. The monoisotopic (exact) mass is 371 g/mol. The topological polar surface area (TPSA) is 88.7 Å². The maximum absolute atomic E-state index is 12.4. The molecule has 0 aromatic heterocycles. The van der Waals surface area contributed by atoms with Gasteiger partial charge in [0.15, 0.2) is 0 Å². The minimum Gasteiger partial charge on any atom is -0.497 e. The second-order valence-electron chi connectivity index (χ2n) is 6.08. The molecule has 0 saturated heterocycles. The van der Waals surface area contributed by atoms with Gasteiger partial charge >= 0.3 is 6.03 Å². The lowest BCUT2D eigenvalue weighted by Crippen LogP contribution is -2.35. The SMILES string of the molecule is COc1ccc(OCCNC(=O)c2ccccc2NC(=O)NC(C)C)cc1. The van der Waals surface area contributed by atoms with Crippen LogP contribution in [0.25, 0.3) is 0 Å². The van der Waals surface area contributed by atoms with Gasteiger partial charge in [-0.2, -0.15) is 0 Å². The minimum atomic E-state index is -0.354. The summed E-state index contributed by atoms with van der Waals surface area (Å²) in [5.74, 6) is 1.16. The van der Waals surface area contributed by atoms with Crippen LogP contribution in [0.4, 0.5) is 10.5 Å². The van der Waals surface area contributed by atoms with E-state index in [0.29, 0.717) is 30.2 Å². The van der Waals surface area contributed by atoms with Gasteiger partial charge < -0.3 is 25.4 Å². The van der Waals surface area contributed by atoms with E-state index in [0.717, 1.165) is 5.75 Å². The van der Waals surface area contributed by atoms with E-state index in [1.54, 1.807) is 55.6 Å². The van der Waals surface area contributed by atoms with Crippen molar-refractivity contribution in [1.82, 2.24) is 10.6 Å². The Morgan fingerprint density at radius 2 is 1.67 bits per heavy atom. The Morgan fingerprint density at radius 3 is 2.33 bits per heavy atom. The molecule has 0 bridgehead atoms. The summed E-state index contributed by atoms with van der Waals surface area (Å²) in [6.07, 6.45) is 0. The van der Waals surface area contributed by atoms with E-state index >= 15 is 0 Å². The zero-order valence-corrected chi connectivity index (χ0v) is 15.7. The van der Waals surface area contributed by atoms with E-state index in [-0.39, 0.29) is 18.0 Å². The highest BCUT2D eigenvalue weighted by molar-refractivity contribution is 6.03. The first kappa shape index (κ1) is 20.1. The van der Waals surface area contributed by atoms with E-state index in [1.807, 2.05) is 13.8 Å². The van der Waals surface area contributed by atoms with Crippen LogP contribution in [0.15, 0.2) is 48.5 Å². The van der Waals surface area contributed by atoms with Gasteiger partial charge in [-0.15, -0.1) is 0 Å². The summed E-state index contributed by atoms with van der Waals surface area (Å²) in [7, 11) is 1.60. The fourth-order valence-corrected chi connectivity index (χ4v) is 2.31. The Balaban J connectivity index is 1.85. The van der Waals surface area contributed by atoms with Crippen molar-refractivity contribution in [2.24, 2.45) is 0 Å². The van der Waals surface area contributed by atoms with E-state index in [4.69, 9.17) is 9.47 Å². The Morgan fingerprint density at radius 1 is 1.00 bits per heavy atom. The van der Waals surface area contributed by atoms with Gasteiger partial charge in [-0.3, -0.25) is 4.79 Å². The van der Waals surface area contributed by atoms with E-state index in [1.165, 1.54) is 0 Å². The van der Waals surface area contributed by atoms with Crippen molar-refractivity contribution in [2.45, 2.75) is 19.9 Å². The lowest BCUT2D eigenvalue weighted by atomic mass is 10.1. The maximum atomic E-state index is 12.4. The molecule has 0 fully saturated rings. The molecule has 0 aliphatic heterocycles. The number of methoxy groups -OCH3 is 1. The molecule has 144 valence electrons. The Bertz CT molecular complexity index is 760. The lowest BCUT2D eigenvalue weighted by Gasteiger charge is -2.14. The normalized spacial score (nSPS) is 10.2. The van der Waals surface area contributed by atoms with Crippen LogP contribution in [0, 0.1) is 0 Å². The van der Waals surface area contributed by atoms with E-state index in [2.05, 4.69) is 16.0 Å². The van der Waals surface area contributed by atoms with Gasteiger partial charge in [0.2, 0.25) is 0 Å². The van der Waals surface area contributed by atoms with Crippen LogP contribution in [-0.4, -0.2) is 38.2 Å². The minimum absolute atomic E-state index is 0.00101. The first-order chi connectivity index (χ1) is 13.0. The van der Waals surface area contributed by atoms with Crippen molar-refractivity contribution in [3.05, 3.63) is 54.1 Å². The molecule has 0 spiro atoms. The highest BCUT2D eigenvalue weighted by atomic mass is 16.5. The van der Waals surface area contributed by atoms with Crippen molar-refractivity contribution in [3.8, 4) is 11.5 Å². The van der Waals surface area contributed by atoms with Crippen LogP contribution in [0.2, 0.25) is 0 Å². The van der Waals surface area contributed by atoms with E-state index in [9.17, 15) is 9.59 Å². The number of para-hydroxylation sites is 1. The fraction of sp³-hybridized carbons (Fsp3) is 0.300. The second-order valence-corrected chi connectivity index (χ2v) is 6.08. The molecule has 3 N–H and O–H groups in total. The molecule has 2 aromatic rings. The molecule has 27 heavy (non-hydrogen) atoms. The number of anilines is 1. The highest BCUT2D eigenvalue weighted by Gasteiger charge is 2.13. The Hall–Kier alpha value is -3.22. The summed E-state index contributed by atoms with van der Waals surface area (Å²) in [4.78, 5) is 24.3. The van der Waals surface area contributed by atoms with Gasteiger partial charge in [0.1, 0.15) is 18.1 Å². The molecule has 2 aromatic carbocycles. The average molecular weight is 371 g/mol. The number of hydrogen-bond donors (Lipinski definition) is 3. The number of hydrogen-bond acceptors (Lipinski definition) is 4. The van der Waals surface area contributed by atoms with Crippen LogP contribution < -0.4 is 25.4 Å². The fourth-order valence-electron chi connectivity index (χ4n) is 2.31. The summed E-state index contributed by atoms with van der Waals surface area (Å²) >= 11 is 0. The summed E-state index contributed by atoms with van der Waals surface area (Å²) in [5, 5.41) is 8.21. The quantitative estimate of drug-likeness (QED) is 0.622. The largest absolute Gasteiger partial charge is 0.497 e. The molecular formula is C20H25N3O4. The van der Waals surface area contributed by atoms with E-state index < -0.39 is 0 Å². The summed E-state index contributed by atoms with van der Waals surface area (Å²) in [6, 6.07) is 13.7. The standard InChI is InChI=1S/C20H25N3O4/c1-14(2)22-20(25)23-18-7-5-4-6-17(18)19(24)21-12-13-27-16-10-8-15(26-3)9-11-16/h4-11,14H,12-13H2,1-3H3,(H,21,24)(H2,22,23,25). The van der Waals surface area contributed by atoms with Gasteiger partial charge in [-0.05, 0) is 50.2 Å². The van der Waals surface area contributed by atoms with Crippen molar-refractivity contribution < 1.29 is 19.1 Å². The average Bonchev–Trinajstić information content (AvgIpc) is 2.65. The highest BCUT2D eigenvalue weighted by Crippen LogP contribution is 2.17. The van der Waals surface area contributed by atoms with Crippen molar-refractivity contribution in [3.63, 3.8) is 0 Å². The van der Waals surface area contributed by atoms with Gasteiger partial charge in [-0.25, -0.2) is 4.79 Å². The lowest BCUT2D eigenvalue weighted by molar-refractivity contribution is 0.0948. The number of rotatable bonds is 8. The first-order valence-electron chi connectivity index (χ1n) is 8.71. The smallest absolute Gasteiger partial charge is 0.319 e. The Labute approximate surface area is 159 Å². The predicted molar refractivity (Wildman–Crippen MR) is 105 cm³/mol. The first-order valence-corrected chi connectivity index (χ1v) is 8.71. The zero-order valence-electron chi connectivity index (χ0n) is 15.7. The summed E-state index contributed by atoms with van der Waals surface area (Å²) in [6.45, 7) is 4.38. The van der Waals surface area contributed by atoms with Gasteiger partial charge in [0.25, 0.3) is 5.91 Å².